The molecule has 0 radical (unpaired) electrons. The normalized spacial score (nSPS) is 9.75. The smallest absolute Gasteiger partial charge is 0.272 e. The van der Waals surface area contributed by atoms with Gasteiger partial charge in [0.1, 0.15) is 0 Å². The number of aryl methyl sites for hydroxylation is 2. The van der Waals surface area contributed by atoms with E-state index >= 15 is 0 Å². The lowest BCUT2D eigenvalue weighted by Crippen LogP contribution is -2.12. The molecule has 0 spiro atoms. The molecule has 0 atom stereocenters. The van der Waals surface area contributed by atoms with Crippen LogP contribution in [0.3, 0.4) is 0 Å². The molecule has 0 saturated heterocycles. The summed E-state index contributed by atoms with van der Waals surface area (Å²) < 4.78 is 36.4. The van der Waals surface area contributed by atoms with Gasteiger partial charge < -0.3 is 0 Å². The van der Waals surface area contributed by atoms with E-state index in [1.807, 2.05) is 27.7 Å². The monoisotopic (exact) mass is 238 g/mol. The second-order valence-corrected chi connectivity index (χ2v) is 2.65. The van der Waals surface area contributed by atoms with E-state index in [-0.39, 0.29) is 6.54 Å². The van der Waals surface area contributed by atoms with Crippen LogP contribution < -0.4 is 0 Å². The van der Waals surface area contributed by atoms with Crippen molar-refractivity contribution in [1.82, 2.24) is 9.78 Å². The third-order valence-electron chi connectivity index (χ3n) is 1.39. The molecule has 1 rings (SSSR count). The van der Waals surface area contributed by atoms with Crippen LogP contribution in [-0.4, -0.2) is 16.0 Å². The highest BCUT2D eigenvalue weighted by atomic mass is 19.4. The van der Waals surface area contributed by atoms with Crippen molar-refractivity contribution in [3.8, 4) is 0 Å². The number of aromatic nitrogens is 2. The fraction of sp³-hybridized carbons (Fsp3) is 0.727. The topological polar surface area (TPSA) is 17.8 Å². The highest BCUT2D eigenvalue weighted by molar-refractivity contribution is 4.99. The quantitative estimate of drug-likeness (QED) is 0.755. The maximum Gasteiger partial charge on any atom is 0.390 e. The molecule has 0 amide bonds. The molecule has 0 N–H and O–H groups in total. The van der Waals surface area contributed by atoms with E-state index in [9.17, 15) is 13.2 Å². The predicted molar refractivity (Wildman–Crippen MR) is 60.3 cm³/mol. The molecule has 0 bridgehead atoms. The molecular formula is C11H21F3N2. The summed E-state index contributed by atoms with van der Waals surface area (Å²) in [6, 6.07) is 0. The molecule has 0 aliphatic heterocycles. The highest BCUT2D eigenvalue weighted by Gasteiger charge is 2.26. The minimum atomic E-state index is -4.10. The van der Waals surface area contributed by atoms with Gasteiger partial charge in [0.25, 0.3) is 0 Å². The molecule has 0 aliphatic rings. The summed E-state index contributed by atoms with van der Waals surface area (Å²) in [6.45, 7) is 9.69. The van der Waals surface area contributed by atoms with Crippen LogP contribution in [0.4, 0.5) is 13.2 Å². The molecule has 1 heterocycles. The van der Waals surface area contributed by atoms with Gasteiger partial charge in [0.05, 0.1) is 12.6 Å². The SMILES string of the molecule is CC.CC.Cc1cnn(CCC(F)(F)F)c1. The Morgan fingerprint density at radius 3 is 2.00 bits per heavy atom. The van der Waals surface area contributed by atoms with Crippen molar-refractivity contribution < 1.29 is 13.2 Å². The summed E-state index contributed by atoms with van der Waals surface area (Å²) >= 11 is 0. The van der Waals surface area contributed by atoms with E-state index in [2.05, 4.69) is 5.10 Å². The Morgan fingerprint density at radius 1 is 1.19 bits per heavy atom. The van der Waals surface area contributed by atoms with E-state index in [0.717, 1.165) is 5.56 Å². The van der Waals surface area contributed by atoms with Crippen molar-refractivity contribution in [2.75, 3.05) is 0 Å². The number of hydrogen-bond donors (Lipinski definition) is 0. The van der Waals surface area contributed by atoms with E-state index in [1.165, 1.54) is 10.9 Å². The van der Waals surface area contributed by atoms with E-state index in [1.54, 1.807) is 13.1 Å². The van der Waals surface area contributed by atoms with Gasteiger partial charge in [-0.25, -0.2) is 0 Å². The summed E-state index contributed by atoms with van der Waals surface area (Å²) in [4.78, 5) is 0. The summed E-state index contributed by atoms with van der Waals surface area (Å²) in [6.07, 6.45) is -1.80. The zero-order valence-electron chi connectivity index (χ0n) is 10.6. The van der Waals surface area contributed by atoms with Crippen LogP contribution in [-0.2, 0) is 6.54 Å². The fourth-order valence-electron chi connectivity index (χ4n) is 0.831. The predicted octanol–water partition coefficient (Wildman–Crippen LogP) is 4.20. The zero-order valence-corrected chi connectivity index (χ0v) is 10.6. The van der Waals surface area contributed by atoms with Gasteiger partial charge in [-0.05, 0) is 12.5 Å². The van der Waals surface area contributed by atoms with Gasteiger partial charge in [0.2, 0.25) is 0 Å². The molecule has 0 aliphatic carbocycles. The highest BCUT2D eigenvalue weighted by Crippen LogP contribution is 2.19. The van der Waals surface area contributed by atoms with Crippen LogP contribution in [0, 0.1) is 6.92 Å². The maximum absolute atomic E-state index is 11.7. The number of alkyl halides is 3. The molecule has 5 heteroatoms. The van der Waals surface area contributed by atoms with Crippen LogP contribution >= 0.6 is 0 Å². The number of halogens is 3. The minimum absolute atomic E-state index is 0.0999. The third-order valence-corrected chi connectivity index (χ3v) is 1.39. The largest absolute Gasteiger partial charge is 0.390 e. The van der Waals surface area contributed by atoms with Crippen molar-refractivity contribution >= 4 is 0 Å². The first-order chi connectivity index (χ1) is 7.47. The molecule has 2 nitrogen and oxygen atoms in total. The average Bonchev–Trinajstić information content (AvgIpc) is 2.66. The van der Waals surface area contributed by atoms with E-state index in [4.69, 9.17) is 0 Å². The molecule has 1 aromatic heterocycles. The van der Waals surface area contributed by atoms with Gasteiger partial charge in [-0.2, -0.15) is 18.3 Å². The van der Waals surface area contributed by atoms with Gasteiger partial charge in [0, 0.05) is 12.7 Å². The summed E-state index contributed by atoms with van der Waals surface area (Å²) in [5, 5.41) is 3.74. The van der Waals surface area contributed by atoms with Crippen LogP contribution in [0.5, 0.6) is 0 Å². The van der Waals surface area contributed by atoms with Gasteiger partial charge in [-0.15, -0.1) is 0 Å². The number of nitrogens with zero attached hydrogens (tertiary/aromatic N) is 2. The van der Waals surface area contributed by atoms with Crippen molar-refractivity contribution in [1.29, 1.82) is 0 Å². The lowest BCUT2D eigenvalue weighted by atomic mass is 10.4. The number of rotatable bonds is 2. The first-order valence-corrected chi connectivity index (χ1v) is 5.53. The second kappa shape index (κ2) is 9.24. The first-order valence-electron chi connectivity index (χ1n) is 5.53. The van der Waals surface area contributed by atoms with Gasteiger partial charge in [-0.3, -0.25) is 4.68 Å². The van der Waals surface area contributed by atoms with Gasteiger partial charge >= 0.3 is 6.18 Å². The van der Waals surface area contributed by atoms with Crippen LogP contribution in [0.1, 0.15) is 39.7 Å². The molecule has 0 fully saturated rings. The Balaban J connectivity index is 0. The summed E-state index contributed by atoms with van der Waals surface area (Å²) in [7, 11) is 0. The average molecular weight is 238 g/mol. The molecular weight excluding hydrogens is 217 g/mol. The van der Waals surface area contributed by atoms with Gasteiger partial charge in [0.15, 0.2) is 0 Å². The lowest BCUT2D eigenvalue weighted by Gasteiger charge is -2.05. The van der Waals surface area contributed by atoms with Crippen LogP contribution in [0.25, 0.3) is 0 Å². The number of hydrogen-bond acceptors (Lipinski definition) is 1. The van der Waals surface area contributed by atoms with Crippen molar-refractivity contribution in [3.63, 3.8) is 0 Å². The first kappa shape index (κ1) is 17.4. The summed E-state index contributed by atoms with van der Waals surface area (Å²) in [5.41, 5.74) is 0.872. The van der Waals surface area contributed by atoms with Gasteiger partial charge in [-0.1, -0.05) is 27.7 Å². The minimum Gasteiger partial charge on any atom is -0.272 e. The summed E-state index contributed by atoms with van der Waals surface area (Å²) in [5.74, 6) is 0. The zero-order chi connectivity index (χ0) is 13.2. The fourth-order valence-corrected chi connectivity index (χ4v) is 0.831. The molecule has 1 aromatic rings. The Hall–Kier alpha value is -1.00. The Morgan fingerprint density at radius 2 is 1.69 bits per heavy atom. The van der Waals surface area contributed by atoms with Crippen LogP contribution in [0.2, 0.25) is 0 Å². The van der Waals surface area contributed by atoms with E-state index < -0.39 is 12.6 Å². The van der Waals surface area contributed by atoms with E-state index in [0.29, 0.717) is 0 Å². The second-order valence-electron chi connectivity index (χ2n) is 2.65. The standard InChI is InChI=1S/C7H9F3N2.2C2H6/c1-6-4-11-12(5-6)3-2-7(8,9)10;2*1-2/h4-5H,2-3H2,1H3;2*1-2H3. The molecule has 0 unspecified atom stereocenters. The molecule has 96 valence electrons. The van der Waals surface area contributed by atoms with Crippen molar-refractivity contribution in [2.24, 2.45) is 0 Å². The third kappa shape index (κ3) is 9.55. The molecule has 16 heavy (non-hydrogen) atoms. The van der Waals surface area contributed by atoms with Crippen LogP contribution in [0.15, 0.2) is 12.4 Å². The Bertz CT molecular complexity index is 254. The van der Waals surface area contributed by atoms with Crippen molar-refractivity contribution in [3.05, 3.63) is 18.0 Å². The molecule has 0 saturated carbocycles. The van der Waals surface area contributed by atoms with Crippen molar-refractivity contribution in [2.45, 2.75) is 53.8 Å². The molecule has 0 aromatic carbocycles. The Labute approximate surface area is 95.5 Å². The lowest BCUT2D eigenvalue weighted by molar-refractivity contribution is -0.137. The maximum atomic E-state index is 11.7. The Kier molecular flexibility index (Phi) is 10.0.